The van der Waals surface area contributed by atoms with E-state index in [2.05, 4.69) is 20.5 Å². The zero-order chi connectivity index (χ0) is 24.5. The van der Waals surface area contributed by atoms with Crippen molar-refractivity contribution in [1.29, 1.82) is 0 Å². The number of carbonyl (C=O) groups is 3. The fourth-order valence-corrected chi connectivity index (χ4v) is 3.99. The number of carboxylic acids is 1. The Labute approximate surface area is 201 Å². The Hall–Kier alpha value is -4.03. The summed E-state index contributed by atoms with van der Waals surface area (Å²) in [6, 6.07) is 7.52. The average molecular weight is 488 g/mol. The Bertz CT molecular complexity index is 1130. The highest BCUT2D eigenvalue weighted by Crippen LogP contribution is 2.34. The van der Waals surface area contributed by atoms with E-state index in [-0.39, 0.29) is 24.4 Å². The van der Waals surface area contributed by atoms with Crippen LogP contribution in [0.25, 0.3) is 22.0 Å². The highest BCUT2D eigenvalue weighted by atomic mass is 16.5. The van der Waals surface area contributed by atoms with E-state index in [1.54, 1.807) is 19.5 Å². The number of benzene rings is 1. The van der Waals surface area contributed by atoms with Gasteiger partial charge in [0.05, 0.1) is 19.2 Å². The number of rotatable bonds is 7. The molecule has 35 heavy (non-hydrogen) atoms. The number of hydrogen-bond donors (Lipinski definition) is 4. The summed E-state index contributed by atoms with van der Waals surface area (Å²) in [6.07, 6.45) is 5.17. The number of piperidine rings is 1. The number of nitrogens with zero attached hydrogens (tertiary/aromatic N) is 3. The molecule has 6 N–H and O–H groups in total. The van der Waals surface area contributed by atoms with Gasteiger partial charge in [-0.3, -0.25) is 29.4 Å². The normalized spacial score (nSPS) is 13.7. The maximum atomic E-state index is 12.8. The van der Waals surface area contributed by atoms with Crippen LogP contribution in [0.4, 0.5) is 0 Å². The zero-order valence-electron chi connectivity index (χ0n) is 19.2. The minimum atomic E-state index is -0.806. The van der Waals surface area contributed by atoms with Crippen molar-refractivity contribution in [3.05, 3.63) is 42.4 Å². The Morgan fingerprint density at radius 1 is 1.31 bits per heavy atom. The highest BCUT2D eigenvalue weighted by molar-refractivity contribution is 6.06. The number of methoxy groups -OCH3 is 1. The summed E-state index contributed by atoms with van der Waals surface area (Å²) >= 11 is 0. The standard InChI is InChI=1S/C22H25N5O4.CH2O2.H2O/c1-31-19-10-18-17(9-16(19)15-3-2-6-23-12-15)21(26-25-18)22(30)24-11-14-4-7-27(8-5-14)13-20(28)29;2-1-3;/h2-3,6,9-10,12,14H,4-5,7-8,11,13H2,1H3,(H,24,30)(H,25,26)(H,28,29);1H,(H,2,3);1H2. The number of pyridine rings is 1. The molecule has 1 fully saturated rings. The van der Waals surface area contributed by atoms with E-state index in [1.807, 2.05) is 29.2 Å². The van der Waals surface area contributed by atoms with Crippen molar-refractivity contribution in [2.45, 2.75) is 12.8 Å². The molecule has 1 amide bonds. The van der Waals surface area contributed by atoms with Gasteiger partial charge in [0.15, 0.2) is 5.69 Å². The molecule has 0 spiro atoms. The van der Waals surface area contributed by atoms with Gasteiger partial charge in [0.2, 0.25) is 0 Å². The van der Waals surface area contributed by atoms with Crippen molar-refractivity contribution < 1.29 is 34.8 Å². The van der Waals surface area contributed by atoms with Crippen LogP contribution in [0.1, 0.15) is 23.3 Å². The van der Waals surface area contributed by atoms with E-state index in [4.69, 9.17) is 19.7 Å². The smallest absolute Gasteiger partial charge is 0.317 e. The summed E-state index contributed by atoms with van der Waals surface area (Å²) in [6.45, 7) is 1.82. The highest BCUT2D eigenvalue weighted by Gasteiger charge is 2.23. The molecule has 1 aromatic carbocycles. The van der Waals surface area contributed by atoms with Gasteiger partial charge in [-0.05, 0) is 44.0 Å². The lowest BCUT2D eigenvalue weighted by Crippen LogP contribution is -2.40. The van der Waals surface area contributed by atoms with E-state index in [0.717, 1.165) is 42.6 Å². The molecule has 12 heteroatoms. The Morgan fingerprint density at radius 3 is 2.63 bits per heavy atom. The van der Waals surface area contributed by atoms with Gasteiger partial charge in [-0.25, -0.2) is 0 Å². The lowest BCUT2D eigenvalue weighted by molar-refractivity contribution is -0.138. The number of H-pyrrole nitrogens is 1. The number of fused-ring (bicyclic) bond motifs is 1. The number of carbonyl (C=O) groups excluding carboxylic acids is 1. The second-order valence-electron chi connectivity index (χ2n) is 7.84. The third-order valence-corrected chi connectivity index (χ3v) is 5.69. The predicted octanol–water partition coefficient (Wildman–Crippen LogP) is 1.04. The maximum absolute atomic E-state index is 12.8. The number of aliphatic carboxylic acids is 1. The van der Waals surface area contributed by atoms with E-state index in [0.29, 0.717) is 29.3 Å². The van der Waals surface area contributed by atoms with Gasteiger partial charge < -0.3 is 25.7 Å². The number of aromatic nitrogens is 3. The molecule has 188 valence electrons. The molecule has 0 atom stereocenters. The van der Waals surface area contributed by atoms with Crippen LogP contribution in [0.15, 0.2) is 36.7 Å². The van der Waals surface area contributed by atoms with Crippen LogP contribution in [-0.2, 0) is 9.59 Å². The number of ether oxygens (including phenoxy) is 1. The fourth-order valence-electron chi connectivity index (χ4n) is 3.99. The molecule has 3 heterocycles. The molecule has 1 aliphatic heterocycles. The molecule has 0 bridgehead atoms. The molecular formula is C23H29N5O7. The second kappa shape index (κ2) is 13.0. The molecule has 3 aromatic rings. The van der Waals surface area contributed by atoms with Gasteiger partial charge in [0.25, 0.3) is 12.4 Å². The number of hydrogen-bond acceptors (Lipinski definition) is 7. The van der Waals surface area contributed by atoms with Crippen molar-refractivity contribution in [3.63, 3.8) is 0 Å². The Morgan fingerprint density at radius 2 is 2.03 bits per heavy atom. The lowest BCUT2D eigenvalue weighted by atomic mass is 9.96. The van der Waals surface area contributed by atoms with Crippen molar-refractivity contribution >= 4 is 29.3 Å². The molecule has 2 aromatic heterocycles. The van der Waals surface area contributed by atoms with Crippen LogP contribution < -0.4 is 10.1 Å². The summed E-state index contributed by atoms with van der Waals surface area (Å²) in [5, 5.41) is 26.6. The second-order valence-corrected chi connectivity index (χ2v) is 7.84. The quantitative estimate of drug-likeness (QED) is 0.353. The van der Waals surface area contributed by atoms with Gasteiger partial charge >= 0.3 is 5.97 Å². The Kier molecular flexibility index (Phi) is 10.1. The van der Waals surface area contributed by atoms with Gasteiger partial charge in [-0.15, -0.1) is 0 Å². The van der Waals surface area contributed by atoms with Crippen LogP contribution >= 0.6 is 0 Å². The average Bonchev–Trinajstić information content (AvgIpc) is 3.26. The van der Waals surface area contributed by atoms with Crippen LogP contribution in [0, 0.1) is 5.92 Å². The summed E-state index contributed by atoms with van der Waals surface area (Å²) in [5.74, 6) is -0.0459. The first-order valence-electron chi connectivity index (χ1n) is 10.7. The third kappa shape index (κ3) is 6.98. The summed E-state index contributed by atoms with van der Waals surface area (Å²) < 4.78 is 5.52. The third-order valence-electron chi connectivity index (χ3n) is 5.69. The molecule has 1 saturated heterocycles. The number of aromatic amines is 1. The molecule has 1 aliphatic rings. The van der Waals surface area contributed by atoms with Gasteiger partial charge in [-0.2, -0.15) is 5.10 Å². The molecule has 0 radical (unpaired) electrons. The minimum absolute atomic E-state index is 0. The van der Waals surface area contributed by atoms with Gasteiger partial charge in [0, 0.05) is 41.5 Å². The first-order valence-corrected chi connectivity index (χ1v) is 10.7. The zero-order valence-corrected chi connectivity index (χ0v) is 19.2. The van der Waals surface area contributed by atoms with Crippen LogP contribution in [0.5, 0.6) is 5.75 Å². The summed E-state index contributed by atoms with van der Waals surface area (Å²) in [4.78, 5) is 38.1. The first-order chi connectivity index (χ1) is 16.5. The SMILES string of the molecule is COc1cc2[nH]nc(C(=O)NCC3CCN(CC(=O)O)CC3)c2cc1-c1cccnc1.O.O=CO. The number of nitrogens with one attached hydrogen (secondary N) is 2. The maximum Gasteiger partial charge on any atom is 0.317 e. The topological polar surface area (TPSA) is 189 Å². The van der Waals surface area contributed by atoms with E-state index < -0.39 is 5.97 Å². The van der Waals surface area contributed by atoms with E-state index in [9.17, 15) is 9.59 Å². The Balaban J connectivity index is 0.00000103. The number of carboxylic acid groups (broad SMARTS) is 2. The molecule has 0 aliphatic carbocycles. The van der Waals surface area contributed by atoms with Crippen LogP contribution in [0.2, 0.25) is 0 Å². The summed E-state index contributed by atoms with van der Waals surface area (Å²) in [7, 11) is 1.60. The van der Waals surface area contributed by atoms with Gasteiger partial charge in [0.1, 0.15) is 5.75 Å². The van der Waals surface area contributed by atoms with Crippen LogP contribution in [0.3, 0.4) is 0 Å². The first kappa shape index (κ1) is 27.2. The molecule has 0 saturated carbocycles. The van der Waals surface area contributed by atoms with Crippen molar-refractivity contribution in [2.24, 2.45) is 5.92 Å². The molecule has 4 rings (SSSR count). The van der Waals surface area contributed by atoms with Crippen LogP contribution in [-0.4, -0.2) is 87.4 Å². The van der Waals surface area contributed by atoms with Gasteiger partial charge in [-0.1, -0.05) is 6.07 Å². The summed E-state index contributed by atoms with van der Waals surface area (Å²) in [5.41, 5.74) is 2.79. The lowest BCUT2D eigenvalue weighted by Gasteiger charge is -2.30. The number of likely N-dealkylation sites (tertiary alicyclic amines) is 1. The van der Waals surface area contributed by atoms with Crippen molar-refractivity contribution in [1.82, 2.24) is 25.4 Å². The molecule has 0 unspecified atom stereocenters. The van der Waals surface area contributed by atoms with E-state index in [1.165, 1.54) is 0 Å². The number of amides is 1. The monoisotopic (exact) mass is 487 g/mol. The molecular weight excluding hydrogens is 458 g/mol. The van der Waals surface area contributed by atoms with Crippen molar-refractivity contribution in [3.8, 4) is 16.9 Å². The predicted molar refractivity (Wildman–Crippen MR) is 127 cm³/mol. The van der Waals surface area contributed by atoms with Crippen molar-refractivity contribution in [2.75, 3.05) is 33.3 Å². The molecule has 12 nitrogen and oxygen atoms in total. The minimum Gasteiger partial charge on any atom is -0.496 e. The fraction of sp³-hybridized carbons (Fsp3) is 0.348. The largest absolute Gasteiger partial charge is 0.496 e. The van der Waals surface area contributed by atoms with E-state index >= 15 is 0 Å².